The molecule has 0 aliphatic rings. The van der Waals surface area contributed by atoms with Gasteiger partial charge in [-0.15, -0.1) is 0 Å². The first-order valence-corrected chi connectivity index (χ1v) is 9.06. The molecule has 0 heterocycles. The maximum Gasteiger partial charge on any atom is 0.257 e. The van der Waals surface area contributed by atoms with Crippen LogP contribution in [0.25, 0.3) is 0 Å². The topological polar surface area (TPSA) is 68.8 Å². The minimum absolute atomic E-state index is 0.271. The van der Waals surface area contributed by atoms with Crippen molar-refractivity contribution in [3.63, 3.8) is 0 Å². The van der Waals surface area contributed by atoms with E-state index >= 15 is 0 Å². The highest BCUT2D eigenvalue weighted by Crippen LogP contribution is 2.12. The fraction of sp³-hybridized carbons (Fsp3) is 0.300. The highest BCUT2D eigenvalue weighted by atomic mass is 32.1. The number of nitrogens with one attached hydrogen (secondary N) is 2. The van der Waals surface area contributed by atoms with Crippen LogP contribution in [0.3, 0.4) is 0 Å². The molecule has 6 nitrogen and oxygen atoms in total. The van der Waals surface area contributed by atoms with Crippen LogP contribution in [0.5, 0.6) is 11.5 Å². The largest absolute Gasteiger partial charge is 0.497 e. The Bertz CT molecular complexity index is 733. The van der Waals surface area contributed by atoms with E-state index in [9.17, 15) is 4.79 Å². The Morgan fingerprint density at radius 1 is 1.00 bits per heavy atom. The molecule has 0 unspecified atom stereocenters. The van der Waals surface area contributed by atoms with Gasteiger partial charge < -0.3 is 19.5 Å². The number of rotatable bonds is 9. The standard InChI is InChI=1S/C20H24N2O4S/c1-3-25-12-13-26-18-10-6-16(7-11-18)19(23)22-20(27)21-14-15-4-8-17(24-2)9-5-15/h4-11H,3,12-14H2,1-2H3,(H2,21,22,23,27). The van der Waals surface area contributed by atoms with Crippen LogP contribution in [0.2, 0.25) is 0 Å². The van der Waals surface area contributed by atoms with E-state index in [-0.39, 0.29) is 11.0 Å². The van der Waals surface area contributed by atoms with Crippen molar-refractivity contribution >= 4 is 23.2 Å². The second-order valence-corrected chi connectivity index (χ2v) is 5.96. The van der Waals surface area contributed by atoms with Crippen LogP contribution in [0, 0.1) is 0 Å². The van der Waals surface area contributed by atoms with Crippen molar-refractivity contribution in [3.8, 4) is 11.5 Å². The van der Waals surface area contributed by atoms with E-state index < -0.39 is 0 Å². The van der Waals surface area contributed by atoms with Gasteiger partial charge in [0.15, 0.2) is 5.11 Å². The zero-order chi connectivity index (χ0) is 19.5. The number of hydrogen-bond acceptors (Lipinski definition) is 5. The molecular formula is C20H24N2O4S. The maximum absolute atomic E-state index is 12.2. The quantitative estimate of drug-likeness (QED) is 0.509. The summed E-state index contributed by atoms with van der Waals surface area (Å²) in [5, 5.41) is 5.94. The molecule has 0 atom stereocenters. The lowest BCUT2D eigenvalue weighted by molar-refractivity contribution is 0.0976. The van der Waals surface area contributed by atoms with Crippen LogP contribution in [0.1, 0.15) is 22.8 Å². The molecule has 0 aliphatic carbocycles. The lowest BCUT2D eigenvalue weighted by Gasteiger charge is -2.11. The van der Waals surface area contributed by atoms with Gasteiger partial charge in [0.05, 0.1) is 13.7 Å². The Morgan fingerprint density at radius 3 is 2.30 bits per heavy atom. The van der Waals surface area contributed by atoms with Crippen molar-refractivity contribution in [2.45, 2.75) is 13.5 Å². The summed E-state index contributed by atoms with van der Waals surface area (Å²) in [6.07, 6.45) is 0. The van der Waals surface area contributed by atoms with Gasteiger partial charge in [0.25, 0.3) is 5.91 Å². The Labute approximate surface area is 164 Å². The maximum atomic E-state index is 12.2. The monoisotopic (exact) mass is 388 g/mol. The molecule has 2 N–H and O–H groups in total. The zero-order valence-electron chi connectivity index (χ0n) is 15.5. The third-order valence-electron chi connectivity index (χ3n) is 3.66. The summed E-state index contributed by atoms with van der Waals surface area (Å²) in [4.78, 5) is 12.2. The van der Waals surface area contributed by atoms with Crippen LogP contribution < -0.4 is 20.1 Å². The number of carbonyl (C=O) groups is 1. The van der Waals surface area contributed by atoms with E-state index in [4.69, 9.17) is 26.4 Å². The van der Waals surface area contributed by atoms with Crippen molar-refractivity contribution in [1.82, 2.24) is 10.6 Å². The van der Waals surface area contributed by atoms with Gasteiger partial charge in [0, 0.05) is 18.7 Å². The third kappa shape index (κ3) is 7.24. The Balaban J connectivity index is 1.76. The fourth-order valence-electron chi connectivity index (χ4n) is 2.21. The molecule has 0 bridgehead atoms. The number of thiocarbonyl (C=S) groups is 1. The minimum atomic E-state index is -0.275. The summed E-state index contributed by atoms with van der Waals surface area (Å²) < 4.78 is 15.9. The van der Waals surface area contributed by atoms with Gasteiger partial charge in [-0.25, -0.2) is 0 Å². The number of hydrogen-bond donors (Lipinski definition) is 2. The highest BCUT2D eigenvalue weighted by molar-refractivity contribution is 7.80. The molecule has 144 valence electrons. The van der Waals surface area contributed by atoms with Crippen molar-refractivity contribution in [3.05, 3.63) is 59.7 Å². The number of methoxy groups -OCH3 is 1. The molecule has 0 radical (unpaired) electrons. The molecule has 7 heteroatoms. The molecule has 27 heavy (non-hydrogen) atoms. The summed E-state index contributed by atoms with van der Waals surface area (Å²) in [5.41, 5.74) is 1.53. The lowest BCUT2D eigenvalue weighted by atomic mass is 10.2. The molecular weight excluding hydrogens is 364 g/mol. The summed E-state index contributed by atoms with van der Waals surface area (Å²) >= 11 is 5.18. The minimum Gasteiger partial charge on any atom is -0.497 e. The summed E-state index contributed by atoms with van der Waals surface area (Å²) in [6.45, 7) is 4.11. The lowest BCUT2D eigenvalue weighted by Crippen LogP contribution is -2.38. The van der Waals surface area contributed by atoms with Gasteiger partial charge in [-0.2, -0.15) is 0 Å². The molecule has 0 fully saturated rings. The normalized spacial score (nSPS) is 10.1. The van der Waals surface area contributed by atoms with Crippen molar-refractivity contribution in [1.29, 1.82) is 0 Å². The first-order chi connectivity index (χ1) is 13.1. The van der Waals surface area contributed by atoms with E-state index in [0.717, 1.165) is 11.3 Å². The highest BCUT2D eigenvalue weighted by Gasteiger charge is 2.08. The molecule has 2 aromatic carbocycles. The fourth-order valence-corrected chi connectivity index (χ4v) is 2.38. The smallest absolute Gasteiger partial charge is 0.257 e. The van der Waals surface area contributed by atoms with Crippen molar-refractivity contribution < 1.29 is 19.0 Å². The van der Waals surface area contributed by atoms with E-state index in [1.54, 1.807) is 31.4 Å². The number of benzene rings is 2. The zero-order valence-corrected chi connectivity index (χ0v) is 16.3. The summed E-state index contributed by atoms with van der Waals surface area (Å²) in [6, 6.07) is 14.5. The van der Waals surface area contributed by atoms with E-state index in [0.29, 0.717) is 37.7 Å². The number of amides is 1. The van der Waals surface area contributed by atoms with Crippen LogP contribution >= 0.6 is 12.2 Å². The van der Waals surface area contributed by atoms with Gasteiger partial charge in [-0.1, -0.05) is 12.1 Å². The van der Waals surface area contributed by atoms with Gasteiger partial charge >= 0.3 is 0 Å². The van der Waals surface area contributed by atoms with E-state index in [1.807, 2.05) is 31.2 Å². The van der Waals surface area contributed by atoms with Crippen LogP contribution in [0.15, 0.2) is 48.5 Å². The molecule has 0 aromatic heterocycles. The first-order valence-electron chi connectivity index (χ1n) is 8.65. The molecule has 0 saturated carbocycles. The van der Waals surface area contributed by atoms with E-state index in [1.165, 1.54) is 0 Å². The average molecular weight is 388 g/mol. The SMILES string of the molecule is CCOCCOc1ccc(C(=O)NC(=S)NCc2ccc(OC)cc2)cc1. The molecule has 0 saturated heterocycles. The van der Waals surface area contributed by atoms with Crippen molar-refractivity contribution in [2.75, 3.05) is 26.9 Å². The third-order valence-corrected chi connectivity index (χ3v) is 3.90. The average Bonchev–Trinajstić information content (AvgIpc) is 2.70. The van der Waals surface area contributed by atoms with Gasteiger partial charge in [-0.05, 0) is 61.1 Å². The number of ether oxygens (including phenoxy) is 3. The predicted molar refractivity (Wildman–Crippen MR) is 108 cm³/mol. The Morgan fingerprint density at radius 2 is 1.67 bits per heavy atom. The van der Waals surface area contributed by atoms with Gasteiger partial charge in [-0.3, -0.25) is 10.1 Å². The Hall–Kier alpha value is -2.64. The molecule has 2 rings (SSSR count). The van der Waals surface area contributed by atoms with Crippen LogP contribution in [0.4, 0.5) is 0 Å². The van der Waals surface area contributed by atoms with Crippen molar-refractivity contribution in [2.24, 2.45) is 0 Å². The second-order valence-electron chi connectivity index (χ2n) is 5.55. The predicted octanol–water partition coefficient (Wildman–Crippen LogP) is 2.92. The molecule has 1 amide bonds. The molecule has 0 spiro atoms. The summed E-state index contributed by atoms with van der Waals surface area (Å²) in [5.74, 6) is 1.20. The Kier molecular flexibility index (Phi) is 8.54. The van der Waals surface area contributed by atoms with E-state index in [2.05, 4.69) is 10.6 Å². The summed E-state index contributed by atoms with van der Waals surface area (Å²) in [7, 11) is 1.62. The van der Waals surface area contributed by atoms with Gasteiger partial charge in [0.1, 0.15) is 18.1 Å². The van der Waals surface area contributed by atoms with Crippen LogP contribution in [-0.4, -0.2) is 38.0 Å². The number of carbonyl (C=O) groups excluding carboxylic acids is 1. The first kappa shape index (κ1) is 20.7. The van der Waals surface area contributed by atoms with Crippen LogP contribution in [-0.2, 0) is 11.3 Å². The molecule has 0 aliphatic heterocycles. The second kappa shape index (κ2) is 11.2. The van der Waals surface area contributed by atoms with Gasteiger partial charge in [0.2, 0.25) is 0 Å². The molecule has 2 aromatic rings.